The predicted molar refractivity (Wildman–Crippen MR) is 132 cm³/mol. The molecule has 0 radical (unpaired) electrons. The molecular formula is C23H29N11. The molecule has 0 bridgehead atoms. The number of hydrogen-bond acceptors (Lipinski definition) is 10. The molecule has 3 heterocycles. The molecule has 11 nitrogen and oxygen atoms in total. The number of anilines is 2. The fourth-order valence-corrected chi connectivity index (χ4v) is 4.04. The molecule has 1 aliphatic carbocycles. The zero-order chi connectivity index (χ0) is 23.5. The summed E-state index contributed by atoms with van der Waals surface area (Å²) in [7, 11) is 4.10. The molecule has 2 aromatic rings. The van der Waals surface area contributed by atoms with Crippen LogP contribution in [0.1, 0.15) is 19.3 Å². The van der Waals surface area contributed by atoms with Gasteiger partial charge in [-0.1, -0.05) is 0 Å². The Hall–Kier alpha value is -3.91. The van der Waals surface area contributed by atoms with Crippen LogP contribution in [0.2, 0.25) is 0 Å². The molecule has 3 N–H and O–H groups in total. The summed E-state index contributed by atoms with van der Waals surface area (Å²) in [6, 6.07) is 8.44. The standard InChI is InChI=1S/C23H29N11/c1-32(2)9-8-25-19-7-6-17(10-21(19)33-14-27-28-15-33)30-22-11-20(29-16-4-3-5-16)23-26-13-18(12-24)34(23)31-22/h6-7,10-11,14-16,18,25,29H,3-5,8-9,13H2,1-2H3,(H,30,31). The van der Waals surface area contributed by atoms with E-state index in [1.807, 2.05) is 28.8 Å². The Labute approximate surface area is 198 Å². The molecule has 0 saturated heterocycles. The maximum absolute atomic E-state index is 9.57. The highest BCUT2D eigenvalue weighted by Gasteiger charge is 2.34. The topological polar surface area (TPSA) is 122 Å². The first-order valence-corrected chi connectivity index (χ1v) is 11.6. The number of nitriles is 1. The number of nitrogens with zero attached hydrogens (tertiary/aromatic N) is 8. The minimum Gasteiger partial charge on any atom is -0.382 e. The van der Waals surface area contributed by atoms with E-state index < -0.39 is 6.04 Å². The molecule has 176 valence electrons. The first-order valence-electron chi connectivity index (χ1n) is 11.6. The number of fused-ring (bicyclic) bond motifs is 1. The number of aromatic nitrogens is 3. The molecular weight excluding hydrogens is 430 g/mol. The van der Waals surface area contributed by atoms with Crippen molar-refractivity contribution in [3.63, 3.8) is 0 Å². The molecule has 0 spiro atoms. The molecule has 1 atom stereocenters. The second kappa shape index (κ2) is 9.52. The lowest BCUT2D eigenvalue weighted by Gasteiger charge is -2.32. The Morgan fingerprint density at radius 1 is 1.21 bits per heavy atom. The van der Waals surface area contributed by atoms with Crippen molar-refractivity contribution in [3.05, 3.63) is 42.6 Å². The van der Waals surface area contributed by atoms with Crippen LogP contribution >= 0.6 is 0 Å². The average molecular weight is 460 g/mol. The van der Waals surface area contributed by atoms with Crippen molar-refractivity contribution in [2.24, 2.45) is 10.1 Å². The highest BCUT2D eigenvalue weighted by Crippen LogP contribution is 2.27. The van der Waals surface area contributed by atoms with Gasteiger partial charge >= 0.3 is 0 Å². The van der Waals surface area contributed by atoms with E-state index in [1.54, 1.807) is 17.7 Å². The lowest BCUT2D eigenvalue weighted by Crippen LogP contribution is -2.44. The molecule has 34 heavy (non-hydrogen) atoms. The fourth-order valence-electron chi connectivity index (χ4n) is 4.04. The fraction of sp³-hybridized carbons (Fsp3) is 0.435. The van der Waals surface area contributed by atoms with E-state index in [0.717, 1.165) is 54.5 Å². The summed E-state index contributed by atoms with van der Waals surface area (Å²) in [4.78, 5) is 6.70. The third-order valence-electron chi connectivity index (χ3n) is 6.12. The van der Waals surface area contributed by atoms with Crippen LogP contribution in [0.3, 0.4) is 0 Å². The molecule has 1 unspecified atom stereocenters. The molecule has 5 rings (SSSR count). The monoisotopic (exact) mass is 459 g/mol. The van der Waals surface area contributed by atoms with E-state index in [4.69, 9.17) is 5.10 Å². The Balaban J connectivity index is 1.40. The first kappa shape index (κ1) is 21.9. The molecule has 3 aliphatic rings. The van der Waals surface area contributed by atoms with Gasteiger partial charge in [0.25, 0.3) is 0 Å². The van der Waals surface area contributed by atoms with Crippen LogP contribution in [0.4, 0.5) is 11.4 Å². The second-order valence-corrected chi connectivity index (χ2v) is 8.93. The van der Waals surface area contributed by atoms with Crippen molar-refractivity contribution in [1.82, 2.24) is 30.0 Å². The van der Waals surface area contributed by atoms with E-state index in [0.29, 0.717) is 18.4 Å². The first-order chi connectivity index (χ1) is 16.6. The van der Waals surface area contributed by atoms with E-state index in [-0.39, 0.29) is 0 Å². The minimum absolute atomic E-state index is 0.394. The largest absolute Gasteiger partial charge is 0.382 e. The highest BCUT2D eigenvalue weighted by molar-refractivity contribution is 6.13. The molecule has 1 aromatic carbocycles. The number of aliphatic imine (C=N–C) groups is 1. The summed E-state index contributed by atoms with van der Waals surface area (Å²) >= 11 is 0. The van der Waals surface area contributed by atoms with Crippen LogP contribution in [0, 0.1) is 11.3 Å². The third kappa shape index (κ3) is 4.58. The summed E-state index contributed by atoms with van der Waals surface area (Å²) in [5, 5.41) is 34.4. The third-order valence-corrected chi connectivity index (χ3v) is 6.12. The Bertz CT molecular complexity index is 1150. The number of nitrogens with one attached hydrogen (secondary N) is 3. The van der Waals surface area contributed by atoms with Crippen LogP contribution in [0.15, 0.2) is 52.7 Å². The number of rotatable bonds is 8. The number of hydrazone groups is 1. The van der Waals surface area contributed by atoms with Gasteiger partial charge in [-0.25, -0.2) is 5.01 Å². The SMILES string of the molecule is CN(C)CCNc1ccc(NC2=NN3C(=NCC3C#N)C(NC3CCC3)=C2)cc1-n1cnnc1. The second-order valence-electron chi connectivity index (χ2n) is 8.93. The maximum atomic E-state index is 9.57. The van der Waals surface area contributed by atoms with E-state index in [1.165, 1.54) is 6.42 Å². The predicted octanol–water partition coefficient (Wildman–Crippen LogP) is 1.61. The number of amidine groups is 2. The van der Waals surface area contributed by atoms with Crippen LogP contribution in [0.25, 0.3) is 5.69 Å². The van der Waals surface area contributed by atoms with Gasteiger partial charge in [-0.15, -0.1) is 10.2 Å². The summed E-state index contributed by atoms with van der Waals surface area (Å²) in [6.07, 6.45) is 8.88. The molecule has 0 amide bonds. The van der Waals surface area contributed by atoms with Crippen LogP contribution in [-0.4, -0.2) is 82.2 Å². The summed E-state index contributed by atoms with van der Waals surface area (Å²) in [5.74, 6) is 1.40. The Morgan fingerprint density at radius 3 is 2.74 bits per heavy atom. The van der Waals surface area contributed by atoms with Gasteiger partial charge in [-0.3, -0.25) is 9.56 Å². The normalized spacial score (nSPS) is 19.5. The van der Waals surface area contributed by atoms with Gasteiger partial charge in [-0.2, -0.15) is 10.4 Å². The number of benzene rings is 1. The molecule has 1 saturated carbocycles. The van der Waals surface area contributed by atoms with E-state index in [2.05, 4.69) is 56.2 Å². The lowest BCUT2D eigenvalue weighted by molar-refractivity contribution is 0.361. The van der Waals surface area contributed by atoms with Crippen molar-refractivity contribution in [2.45, 2.75) is 31.3 Å². The summed E-state index contributed by atoms with van der Waals surface area (Å²) in [5.41, 5.74) is 3.70. The van der Waals surface area contributed by atoms with Gasteiger partial charge in [0.1, 0.15) is 12.7 Å². The molecule has 11 heteroatoms. The quantitative estimate of drug-likeness (QED) is 0.544. The minimum atomic E-state index is -0.394. The van der Waals surface area contributed by atoms with Gasteiger partial charge in [0, 0.05) is 30.9 Å². The summed E-state index contributed by atoms with van der Waals surface area (Å²) < 4.78 is 1.88. The summed E-state index contributed by atoms with van der Waals surface area (Å²) in [6.45, 7) is 2.16. The number of likely N-dealkylation sites (N-methyl/N-ethyl adjacent to an activating group) is 1. The molecule has 1 fully saturated rings. The van der Waals surface area contributed by atoms with Crippen LogP contribution in [0.5, 0.6) is 0 Å². The zero-order valence-corrected chi connectivity index (χ0v) is 19.4. The van der Waals surface area contributed by atoms with Crippen molar-refractivity contribution in [3.8, 4) is 11.8 Å². The van der Waals surface area contributed by atoms with Gasteiger partial charge in [0.15, 0.2) is 17.7 Å². The van der Waals surface area contributed by atoms with Gasteiger partial charge in [0.05, 0.1) is 29.7 Å². The Kier molecular flexibility index (Phi) is 6.14. The number of hydrogen-bond donors (Lipinski definition) is 3. The smallest absolute Gasteiger partial charge is 0.169 e. The van der Waals surface area contributed by atoms with Gasteiger partial charge in [0.2, 0.25) is 0 Å². The highest BCUT2D eigenvalue weighted by atomic mass is 15.5. The van der Waals surface area contributed by atoms with Gasteiger partial charge in [-0.05, 0) is 51.6 Å². The van der Waals surface area contributed by atoms with Crippen LogP contribution in [-0.2, 0) is 0 Å². The molecule has 2 aliphatic heterocycles. The van der Waals surface area contributed by atoms with Crippen LogP contribution < -0.4 is 16.0 Å². The van der Waals surface area contributed by atoms with Crippen molar-refractivity contribution in [1.29, 1.82) is 5.26 Å². The lowest BCUT2D eigenvalue weighted by atomic mass is 9.93. The van der Waals surface area contributed by atoms with Crippen molar-refractivity contribution in [2.75, 3.05) is 44.4 Å². The maximum Gasteiger partial charge on any atom is 0.169 e. The van der Waals surface area contributed by atoms with E-state index in [9.17, 15) is 5.26 Å². The average Bonchev–Trinajstić information content (AvgIpc) is 3.47. The zero-order valence-electron chi connectivity index (χ0n) is 19.4. The van der Waals surface area contributed by atoms with E-state index >= 15 is 0 Å². The Morgan fingerprint density at radius 2 is 2.03 bits per heavy atom. The van der Waals surface area contributed by atoms with Crippen molar-refractivity contribution < 1.29 is 0 Å². The molecule has 1 aromatic heterocycles. The van der Waals surface area contributed by atoms with Crippen molar-refractivity contribution >= 4 is 23.0 Å². The van der Waals surface area contributed by atoms with Gasteiger partial charge < -0.3 is 20.9 Å².